The fraction of sp³-hybridized carbons (Fsp3) is 0.200. The van der Waals surface area contributed by atoms with Crippen molar-refractivity contribution in [3.8, 4) is 0 Å². The van der Waals surface area contributed by atoms with Gasteiger partial charge in [0.2, 0.25) is 0 Å². The number of H-pyrrole nitrogens is 1. The van der Waals surface area contributed by atoms with Crippen LogP contribution >= 0.6 is 11.9 Å². The van der Waals surface area contributed by atoms with Crippen LogP contribution in [0, 0.1) is 5.82 Å². The molecular weight excluding hydrogens is 287 g/mol. The van der Waals surface area contributed by atoms with Crippen LogP contribution in [0.2, 0.25) is 0 Å². The Labute approximate surface area is 125 Å². The standard InChI is InChI=1S/C15H13FN4S/c16-11-1-3-12(4-2-11)21-20-6-5-13-10(9-20)7-17-15-14(13)8-18-19-15/h1-4,7-8H,5-6,9H2,(H,17,18,19). The molecule has 1 aromatic carbocycles. The number of hydrogen-bond acceptors (Lipinski definition) is 4. The Morgan fingerprint density at radius 2 is 2.05 bits per heavy atom. The number of rotatable bonds is 2. The molecule has 1 N–H and O–H groups in total. The van der Waals surface area contributed by atoms with Gasteiger partial charge in [-0.15, -0.1) is 0 Å². The zero-order valence-electron chi connectivity index (χ0n) is 11.2. The lowest BCUT2D eigenvalue weighted by molar-refractivity contribution is 0.445. The minimum absolute atomic E-state index is 0.199. The summed E-state index contributed by atoms with van der Waals surface area (Å²) in [5, 5.41) is 8.10. The number of pyridine rings is 1. The summed E-state index contributed by atoms with van der Waals surface area (Å²) in [4.78, 5) is 5.46. The molecule has 3 heterocycles. The van der Waals surface area contributed by atoms with Crippen LogP contribution in [0.25, 0.3) is 11.0 Å². The lowest BCUT2D eigenvalue weighted by Crippen LogP contribution is -2.24. The van der Waals surface area contributed by atoms with Gasteiger partial charge in [-0.3, -0.25) is 5.10 Å². The van der Waals surface area contributed by atoms with E-state index in [1.54, 1.807) is 11.9 Å². The van der Waals surface area contributed by atoms with Crippen molar-refractivity contribution >= 4 is 23.0 Å². The second-order valence-electron chi connectivity index (χ2n) is 5.05. The SMILES string of the molecule is Fc1ccc(SN2CCc3c(cnc4[nH]ncc34)C2)cc1. The van der Waals surface area contributed by atoms with Crippen molar-refractivity contribution in [2.75, 3.05) is 6.54 Å². The number of halogens is 1. The maximum absolute atomic E-state index is 12.9. The van der Waals surface area contributed by atoms with E-state index in [0.29, 0.717) is 0 Å². The number of aromatic amines is 1. The quantitative estimate of drug-likeness (QED) is 0.738. The van der Waals surface area contributed by atoms with E-state index >= 15 is 0 Å². The first-order valence-electron chi connectivity index (χ1n) is 6.78. The van der Waals surface area contributed by atoms with Crippen molar-refractivity contribution in [1.29, 1.82) is 0 Å². The number of fused-ring (bicyclic) bond motifs is 3. The van der Waals surface area contributed by atoms with Gasteiger partial charge in [-0.25, -0.2) is 13.7 Å². The Kier molecular flexibility index (Phi) is 3.12. The minimum atomic E-state index is -0.199. The van der Waals surface area contributed by atoms with Gasteiger partial charge in [0.15, 0.2) is 5.65 Å². The highest BCUT2D eigenvalue weighted by Gasteiger charge is 2.20. The van der Waals surface area contributed by atoms with E-state index in [-0.39, 0.29) is 5.82 Å². The predicted octanol–water partition coefficient (Wildman–Crippen LogP) is 3.16. The summed E-state index contributed by atoms with van der Waals surface area (Å²) in [5.41, 5.74) is 3.43. The van der Waals surface area contributed by atoms with Gasteiger partial charge in [0.1, 0.15) is 5.82 Å². The van der Waals surface area contributed by atoms with E-state index in [0.717, 1.165) is 35.4 Å². The van der Waals surface area contributed by atoms with Crippen molar-refractivity contribution in [3.05, 3.63) is 53.6 Å². The summed E-state index contributed by atoms with van der Waals surface area (Å²) >= 11 is 1.66. The van der Waals surface area contributed by atoms with Crippen LogP contribution in [-0.4, -0.2) is 26.0 Å². The van der Waals surface area contributed by atoms with Crippen LogP contribution in [0.4, 0.5) is 4.39 Å². The minimum Gasteiger partial charge on any atom is -0.261 e. The molecule has 2 aromatic heterocycles. The molecule has 0 saturated carbocycles. The molecule has 0 saturated heterocycles. The van der Waals surface area contributed by atoms with Crippen molar-refractivity contribution in [3.63, 3.8) is 0 Å². The third-order valence-corrected chi connectivity index (χ3v) is 4.74. The summed E-state index contributed by atoms with van der Waals surface area (Å²) in [6.45, 7) is 1.80. The fourth-order valence-corrected chi connectivity index (χ4v) is 3.59. The highest BCUT2D eigenvalue weighted by molar-refractivity contribution is 7.97. The fourth-order valence-electron chi connectivity index (χ4n) is 2.65. The van der Waals surface area contributed by atoms with Gasteiger partial charge in [-0.2, -0.15) is 5.10 Å². The number of aromatic nitrogens is 3. The van der Waals surface area contributed by atoms with E-state index in [9.17, 15) is 4.39 Å². The molecule has 4 rings (SSSR count). The average Bonchev–Trinajstić information content (AvgIpc) is 2.98. The first-order valence-corrected chi connectivity index (χ1v) is 7.55. The summed E-state index contributed by atoms with van der Waals surface area (Å²) in [6, 6.07) is 6.62. The molecule has 0 atom stereocenters. The molecule has 21 heavy (non-hydrogen) atoms. The van der Waals surface area contributed by atoms with E-state index in [1.807, 2.05) is 24.5 Å². The molecule has 0 bridgehead atoms. The second kappa shape index (κ2) is 5.13. The highest BCUT2D eigenvalue weighted by Crippen LogP contribution is 2.31. The lowest BCUT2D eigenvalue weighted by Gasteiger charge is -2.27. The molecule has 0 spiro atoms. The Balaban J connectivity index is 1.57. The summed E-state index contributed by atoms with van der Waals surface area (Å²) in [7, 11) is 0. The first kappa shape index (κ1) is 12.8. The Hall–Kier alpha value is -1.92. The molecule has 1 aliphatic rings. The monoisotopic (exact) mass is 300 g/mol. The van der Waals surface area contributed by atoms with Crippen LogP contribution in [-0.2, 0) is 13.0 Å². The van der Waals surface area contributed by atoms with E-state index in [4.69, 9.17) is 0 Å². The molecule has 0 aliphatic carbocycles. The molecule has 3 aromatic rings. The maximum atomic E-state index is 12.9. The van der Waals surface area contributed by atoms with Gasteiger partial charge >= 0.3 is 0 Å². The van der Waals surface area contributed by atoms with Gasteiger partial charge in [0.05, 0.1) is 6.20 Å². The Bertz CT molecular complexity index is 784. The molecule has 0 radical (unpaired) electrons. The van der Waals surface area contributed by atoms with Gasteiger partial charge in [0.25, 0.3) is 0 Å². The number of nitrogens with one attached hydrogen (secondary N) is 1. The van der Waals surface area contributed by atoms with E-state index in [2.05, 4.69) is 19.5 Å². The molecule has 1 aliphatic heterocycles. The predicted molar refractivity (Wildman–Crippen MR) is 80.3 cm³/mol. The number of hydrogen-bond donors (Lipinski definition) is 1. The van der Waals surface area contributed by atoms with Gasteiger partial charge in [-0.05, 0) is 53.8 Å². The van der Waals surface area contributed by atoms with Crippen LogP contribution in [0.3, 0.4) is 0 Å². The zero-order chi connectivity index (χ0) is 14.2. The third-order valence-electron chi connectivity index (χ3n) is 3.69. The molecule has 4 nitrogen and oxygen atoms in total. The normalized spacial score (nSPS) is 15.3. The maximum Gasteiger partial charge on any atom is 0.155 e. The van der Waals surface area contributed by atoms with E-state index < -0.39 is 0 Å². The molecule has 0 unspecified atom stereocenters. The van der Waals surface area contributed by atoms with Crippen molar-refractivity contribution in [2.45, 2.75) is 17.9 Å². The van der Waals surface area contributed by atoms with Gasteiger partial charge in [0, 0.05) is 29.6 Å². The molecular formula is C15H13FN4S. The van der Waals surface area contributed by atoms with Crippen molar-refractivity contribution in [1.82, 2.24) is 19.5 Å². The number of nitrogens with zero attached hydrogens (tertiary/aromatic N) is 3. The molecule has 106 valence electrons. The highest BCUT2D eigenvalue weighted by atomic mass is 32.2. The van der Waals surface area contributed by atoms with Crippen molar-refractivity contribution in [2.24, 2.45) is 0 Å². The topological polar surface area (TPSA) is 44.8 Å². The first-order chi connectivity index (χ1) is 10.3. The summed E-state index contributed by atoms with van der Waals surface area (Å²) in [5.74, 6) is -0.199. The van der Waals surface area contributed by atoms with Crippen LogP contribution in [0.1, 0.15) is 11.1 Å². The van der Waals surface area contributed by atoms with Crippen LogP contribution < -0.4 is 0 Å². The Morgan fingerprint density at radius 1 is 1.19 bits per heavy atom. The van der Waals surface area contributed by atoms with E-state index in [1.165, 1.54) is 23.3 Å². The largest absolute Gasteiger partial charge is 0.261 e. The number of benzene rings is 1. The van der Waals surface area contributed by atoms with Crippen LogP contribution in [0.5, 0.6) is 0 Å². The smallest absolute Gasteiger partial charge is 0.155 e. The summed E-state index contributed by atoms with van der Waals surface area (Å²) < 4.78 is 15.2. The van der Waals surface area contributed by atoms with Gasteiger partial charge < -0.3 is 0 Å². The van der Waals surface area contributed by atoms with Gasteiger partial charge in [-0.1, -0.05) is 0 Å². The Morgan fingerprint density at radius 3 is 2.90 bits per heavy atom. The van der Waals surface area contributed by atoms with Crippen molar-refractivity contribution < 1.29 is 4.39 Å². The lowest BCUT2D eigenvalue weighted by atomic mass is 10.0. The molecule has 0 amide bonds. The average molecular weight is 300 g/mol. The van der Waals surface area contributed by atoms with Crippen LogP contribution in [0.15, 0.2) is 41.6 Å². The zero-order valence-corrected chi connectivity index (χ0v) is 12.0. The molecule has 6 heteroatoms. The second-order valence-corrected chi connectivity index (χ2v) is 6.22. The molecule has 0 fully saturated rings. The summed E-state index contributed by atoms with van der Waals surface area (Å²) in [6.07, 6.45) is 4.75. The third kappa shape index (κ3) is 2.41.